The van der Waals surface area contributed by atoms with Gasteiger partial charge in [-0.2, -0.15) is 0 Å². The minimum absolute atomic E-state index is 0.0837. The minimum atomic E-state index is -0.0837. The molecule has 0 N–H and O–H groups in total. The summed E-state index contributed by atoms with van der Waals surface area (Å²) in [6.07, 6.45) is 3.69. The predicted octanol–water partition coefficient (Wildman–Crippen LogP) is 4.32. The molecule has 1 fully saturated rings. The zero-order chi connectivity index (χ0) is 22.9. The van der Waals surface area contributed by atoms with Crippen molar-refractivity contribution >= 4 is 28.9 Å². The number of ether oxygens (including phenoxy) is 1. The number of benzene rings is 2. The van der Waals surface area contributed by atoms with Crippen LogP contribution in [0.25, 0.3) is 16.7 Å². The van der Waals surface area contributed by atoms with Gasteiger partial charge in [-0.1, -0.05) is 37.3 Å². The maximum Gasteiger partial charge on any atom is 0.263 e. The number of nitrogens with zero attached hydrogens (tertiary/aromatic N) is 5. The Bertz CT molecular complexity index is 1420. The van der Waals surface area contributed by atoms with Gasteiger partial charge in [-0.25, -0.2) is 4.68 Å². The summed E-state index contributed by atoms with van der Waals surface area (Å²) < 4.78 is 11.6. The lowest BCUT2D eigenvalue weighted by atomic mass is 10.2. The lowest BCUT2D eigenvalue weighted by Gasteiger charge is -2.20. The summed E-state index contributed by atoms with van der Waals surface area (Å²) in [4.78, 5) is 16.0. The van der Waals surface area contributed by atoms with Crippen LogP contribution in [0.3, 0.4) is 0 Å². The van der Waals surface area contributed by atoms with Crippen LogP contribution in [0.2, 0.25) is 0 Å². The largest absolute Gasteiger partial charge is 0.496 e. The standard InChI is InChI=1S/C25H29N5O2S/c1-3-14-27(15-18-12-13-18)17-29-25(33)30-21-10-6-5-9-20(21)23(31)28(24(30)26-29)16-19-8-4-7-11-22(19)32-2/h4-11,18H,3,12-17H2,1-2H3. The van der Waals surface area contributed by atoms with Crippen LogP contribution in [-0.4, -0.2) is 43.8 Å². The van der Waals surface area contributed by atoms with E-state index in [0.29, 0.717) is 29.1 Å². The number of hydrogen-bond acceptors (Lipinski definition) is 5. The van der Waals surface area contributed by atoms with Crippen LogP contribution in [0, 0.1) is 10.7 Å². The van der Waals surface area contributed by atoms with Crippen molar-refractivity contribution in [2.75, 3.05) is 20.2 Å². The van der Waals surface area contributed by atoms with Gasteiger partial charge in [-0.05, 0) is 62.1 Å². The molecule has 1 saturated carbocycles. The van der Waals surface area contributed by atoms with Crippen molar-refractivity contribution in [1.82, 2.24) is 23.6 Å². The molecule has 2 aromatic carbocycles. The van der Waals surface area contributed by atoms with Crippen LogP contribution in [0.4, 0.5) is 0 Å². The lowest BCUT2D eigenvalue weighted by Crippen LogP contribution is -2.30. The highest BCUT2D eigenvalue weighted by atomic mass is 32.1. The van der Waals surface area contributed by atoms with Crippen molar-refractivity contribution in [3.8, 4) is 5.75 Å². The van der Waals surface area contributed by atoms with Crippen molar-refractivity contribution in [3.63, 3.8) is 0 Å². The van der Waals surface area contributed by atoms with Crippen LogP contribution in [0.1, 0.15) is 31.7 Å². The summed E-state index contributed by atoms with van der Waals surface area (Å²) in [5.74, 6) is 2.08. The third kappa shape index (κ3) is 4.20. The topological polar surface area (TPSA) is 56.7 Å². The summed E-state index contributed by atoms with van der Waals surface area (Å²) in [6.45, 7) is 5.24. The SMILES string of the molecule is CCCN(CC1CC1)Cn1nc2n(Cc3ccccc3OC)c(=O)c3ccccc3n2c1=S. The Morgan fingerprint density at radius 2 is 1.91 bits per heavy atom. The molecule has 8 heteroatoms. The molecule has 0 amide bonds. The molecule has 2 heterocycles. The van der Waals surface area contributed by atoms with E-state index in [1.165, 1.54) is 12.8 Å². The van der Waals surface area contributed by atoms with Crippen molar-refractivity contribution in [1.29, 1.82) is 0 Å². The van der Waals surface area contributed by atoms with E-state index in [4.69, 9.17) is 22.1 Å². The first-order valence-electron chi connectivity index (χ1n) is 11.6. The van der Waals surface area contributed by atoms with E-state index >= 15 is 0 Å². The molecule has 0 spiro atoms. The summed E-state index contributed by atoms with van der Waals surface area (Å²) in [6, 6.07) is 15.4. The van der Waals surface area contributed by atoms with E-state index in [1.54, 1.807) is 11.7 Å². The van der Waals surface area contributed by atoms with Crippen LogP contribution in [0.5, 0.6) is 5.75 Å². The van der Waals surface area contributed by atoms with Gasteiger partial charge in [0.2, 0.25) is 10.5 Å². The van der Waals surface area contributed by atoms with E-state index < -0.39 is 0 Å². The number of methoxy groups -OCH3 is 1. The Labute approximate surface area is 197 Å². The number of rotatable bonds is 9. The van der Waals surface area contributed by atoms with Crippen LogP contribution >= 0.6 is 12.2 Å². The molecule has 0 atom stereocenters. The maximum atomic E-state index is 13.6. The zero-order valence-electron chi connectivity index (χ0n) is 19.1. The molecule has 1 aliphatic carbocycles. The van der Waals surface area contributed by atoms with E-state index in [9.17, 15) is 4.79 Å². The third-order valence-corrected chi connectivity index (χ3v) is 6.69. The lowest BCUT2D eigenvalue weighted by molar-refractivity contribution is 0.198. The molecule has 4 aromatic rings. The van der Waals surface area contributed by atoms with Crippen molar-refractivity contribution in [2.45, 2.75) is 39.4 Å². The fourth-order valence-electron chi connectivity index (χ4n) is 4.50. The molecule has 33 heavy (non-hydrogen) atoms. The Morgan fingerprint density at radius 3 is 2.67 bits per heavy atom. The molecule has 0 radical (unpaired) electrons. The van der Waals surface area contributed by atoms with Gasteiger partial charge in [0.1, 0.15) is 5.75 Å². The summed E-state index contributed by atoms with van der Waals surface area (Å²) in [5.41, 5.74) is 1.62. The highest BCUT2D eigenvalue weighted by Crippen LogP contribution is 2.30. The number of para-hydroxylation sites is 2. The highest BCUT2D eigenvalue weighted by Gasteiger charge is 2.25. The average molecular weight is 464 g/mol. The molecule has 7 nitrogen and oxygen atoms in total. The number of hydrogen-bond donors (Lipinski definition) is 0. The maximum absolute atomic E-state index is 13.6. The van der Waals surface area contributed by atoms with Crippen LogP contribution in [0.15, 0.2) is 53.3 Å². The van der Waals surface area contributed by atoms with E-state index in [-0.39, 0.29) is 5.56 Å². The fraction of sp³-hybridized carbons (Fsp3) is 0.400. The summed E-state index contributed by atoms with van der Waals surface area (Å²) in [7, 11) is 1.64. The Balaban J connectivity index is 1.67. The Morgan fingerprint density at radius 1 is 1.15 bits per heavy atom. The predicted molar refractivity (Wildman–Crippen MR) is 132 cm³/mol. The quantitative estimate of drug-likeness (QED) is 0.346. The van der Waals surface area contributed by atoms with Gasteiger partial charge >= 0.3 is 0 Å². The van der Waals surface area contributed by atoms with Gasteiger partial charge in [0.25, 0.3) is 5.56 Å². The minimum Gasteiger partial charge on any atom is -0.496 e. The molecular weight excluding hydrogens is 434 g/mol. The molecular formula is C25H29N5O2S. The van der Waals surface area contributed by atoms with Gasteiger partial charge in [0.05, 0.1) is 31.2 Å². The first-order valence-corrected chi connectivity index (χ1v) is 12.0. The molecule has 0 bridgehead atoms. The van der Waals surface area contributed by atoms with Crippen molar-refractivity contribution in [2.24, 2.45) is 5.92 Å². The van der Waals surface area contributed by atoms with Crippen LogP contribution < -0.4 is 10.3 Å². The molecule has 2 aromatic heterocycles. The molecule has 0 saturated heterocycles. The molecule has 1 aliphatic rings. The van der Waals surface area contributed by atoms with Crippen molar-refractivity contribution in [3.05, 3.63) is 69.2 Å². The summed E-state index contributed by atoms with van der Waals surface area (Å²) in [5, 5.41) is 5.50. The second-order valence-corrected chi connectivity index (χ2v) is 9.16. The van der Waals surface area contributed by atoms with Crippen LogP contribution in [-0.2, 0) is 13.2 Å². The molecule has 0 unspecified atom stereocenters. The van der Waals surface area contributed by atoms with E-state index in [2.05, 4.69) is 11.8 Å². The molecule has 172 valence electrons. The monoisotopic (exact) mass is 463 g/mol. The third-order valence-electron chi connectivity index (χ3n) is 6.29. The van der Waals surface area contributed by atoms with Gasteiger partial charge in [0.15, 0.2) is 0 Å². The fourth-order valence-corrected chi connectivity index (χ4v) is 4.78. The first kappa shape index (κ1) is 21.9. The van der Waals surface area contributed by atoms with Gasteiger partial charge < -0.3 is 4.74 Å². The number of aromatic nitrogens is 4. The smallest absolute Gasteiger partial charge is 0.263 e. The Kier molecular flexibility index (Phi) is 6.03. The molecule has 0 aliphatic heterocycles. The Hall–Kier alpha value is -2.97. The first-order chi connectivity index (χ1) is 16.1. The van der Waals surface area contributed by atoms with E-state index in [1.807, 2.05) is 57.6 Å². The second-order valence-electron chi connectivity index (χ2n) is 8.80. The zero-order valence-corrected chi connectivity index (χ0v) is 19.9. The second kappa shape index (κ2) is 9.11. The van der Waals surface area contributed by atoms with Gasteiger partial charge in [-0.15, -0.1) is 5.10 Å². The highest BCUT2D eigenvalue weighted by molar-refractivity contribution is 7.71. The summed E-state index contributed by atoms with van der Waals surface area (Å²) >= 11 is 5.90. The number of fused-ring (bicyclic) bond motifs is 3. The molecule has 5 rings (SSSR count). The normalized spacial score (nSPS) is 13.9. The van der Waals surface area contributed by atoms with Gasteiger partial charge in [0, 0.05) is 12.1 Å². The van der Waals surface area contributed by atoms with Crippen molar-refractivity contribution < 1.29 is 4.74 Å². The van der Waals surface area contributed by atoms with E-state index in [0.717, 1.165) is 42.3 Å². The average Bonchev–Trinajstić information content (AvgIpc) is 3.59. The van der Waals surface area contributed by atoms with Gasteiger partial charge in [-0.3, -0.25) is 18.7 Å².